The average Bonchev–Trinajstić information content (AvgIpc) is 2.45. The molecule has 0 aliphatic heterocycles. The van der Waals surface area contributed by atoms with Crippen molar-refractivity contribution in [3.8, 4) is 6.07 Å². The molecule has 1 rings (SSSR count). The van der Waals surface area contributed by atoms with Crippen LogP contribution in [0.3, 0.4) is 0 Å². The Kier molecular flexibility index (Phi) is 6.17. The second kappa shape index (κ2) is 7.64. The largest absolute Gasteiger partial charge is 0.349 e. The van der Waals surface area contributed by atoms with E-state index in [1.807, 2.05) is 32.9 Å². The number of nitriles is 1. The van der Waals surface area contributed by atoms with Crippen molar-refractivity contribution < 1.29 is 4.79 Å². The van der Waals surface area contributed by atoms with E-state index >= 15 is 0 Å². The third kappa shape index (κ3) is 3.80. The molecule has 1 amide bonds. The Morgan fingerprint density at radius 3 is 2.55 bits per heavy atom. The monoisotopic (exact) mass is 273 g/mol. The molecule has 1 N–H and O–H groups in total. The Labute approximate surface area is 121 Å². The Morgan fingerprint density at radius 2 is 2.05 bits per heavy atom. The zero-order valence-electron chi connectivity index (χ0n) is 12.6. The van der Waals surface area contributed by atoms with Crippen LogP contribution in [0, 0.1) is 23.7 Å². The highest BCUT2D eigenvalue weighted by Gasteiger charge is 2.36. The minimum Gasteiger partial charge on any atom is -0.349 e. The number of carbonyl (C=O) groups is 1. The maximum absolute atomic E-state index is 12.4. The molecule has 0 aliphatic carbocycles. The van der Waals surface area contributed by atoms with Crippen LogP contribution in [0.4, 0.5) is 0 Å². The van der Waals surface area contributed by atoms with Gasteiger partial charge in [0, 0.05) is 6.20 Å². The van der Waals surface area contributed by atoms with E-state index in [-0.39, 0.29) is 5.91 Å². The number of aryl methyl sites for hydroxylation is 1. The van der Waals surface area contributed by atoms with Gasteiger partial charge in [0.15, 0.2) is 0 Å². The molecule has 0 unspecified atom stereocenters. The normalized spacial score (nSPS) is 10.9. The lowest BCUT2D eigenvalue weighted by Crippen LogP contribution is -2.40. The predicted octanol–water partition coefficient (Wildman–Crippen LogP) is 3.12. The van der Waals surface area contributed by atoms with Crippen LogP contribution in [0.25, 0.3) is 0 Å². The second-order valence-corrected chi connectivity index (χ2v) is 5.14. The molecule has 1 heterocycles. The molecular weight excluding hydrogens is 250 g/mol. The van der Waals surface area contributed by atoms with Gasteiger partial charge in [-0.05, 0) is 31.4 Å². The summed E-state index contributed by atoms with van der Waals surface area (Å²) < 4.78 is 0. The molecular formula is C16H23N3O. The van der Waals surface area contributed by atoms with Gasteiger partial charge in [-0.25, -0.2) is 0 Å². The van der Waals surface area contributed by atoms with Crippen LogP contribution in [0.2, 0.25) is 0 Å². The highest BCUT2D eigenvalue weighted by Crippen LogP contribution is 2.29. The highest BCUT2D eigenvalue weighted by molar-refractivity contribution is 5.85. The summed E-state index contributed by atoms with van der Waals surface area (Å²) in [6, 6.07) is 6.07. The summed E-state index contributed by atoms with van der Waals surface area (Å²) in [6.07, 6.45) is 4.56. The van der Waals surface area contributed by atoms with Crippen molar-refractivity contribution in [1.82, 2.24) is 10.3 Å². The van der Waals surface area contributed by atoms with Crippen LogP contribution in [0.1, 0.15) is 50.8 Å². The van der Waals surface area contributed by atoms with Crippen molar-refractivity contribution in [3.05, 3.63) is 29.6 Å². The number of nitrogens with zero attached hydrogens (tertiary/aromatic N) is 2. The first-order chi connectivity index (χ1) is 9.59. The Balaban J connectivity index is 2.77. The van der Waals surface area contributed by atoms with Gasteiger partial charge in [0.25, 0.3) is 0 Å². The molecule has 0 radical (unpaired) electrons. The van der Waals surface area contributed by atoms with Crippen molar-refractivity contribution in [2.24, 2.45) is 5.41 Å². The van der Waals surface area contributed by atoms with Gasteiger partial charge in [-0.2, -0.15) is 5.26 Å². The molecule has 0 atom stereocenters. The number of aromatic nitrogens is 1. The number of hydrogen-bond donors (Lipinski definition) is 1. The zero-order chi connectivity index (χ0) is 15.0. The Hall–Kier alpha value is -1.89. The molecule has 1 aromatic rings. The third-order valence-corrected chi connectivity index (χ3v) is 3.54. The summed E-state index contributed by atoms with van der Waals surface area (Å²) in [5, 5.41) is 12.3. The van der Waals surface area contributed by atoms with Gasteiger partial charge in [-0.15, -0.1) is 0 Å². The lowest BCUT2D eigenvalue weighted by molar-refractivity contribution is -0.129. The molecule has 4 heteroatoms. The number of carbonyl (C=O) groups excluding carboxylic acids is 1. The molecule has 0 saturated heterocycles. The van der Waals surface area contributed by atoms with E-state index in [0.29, 0.717) is 19.4 Å². The molecule has 4 nitrogen and oxygen atoms in total. The van der Waals surface area contributed by atoms with E-state index in [1.54, 1.807) is 6.20 Å². The van der Waals surface area contributed by atoms with Gasteiger partial charge in [0.2, 0.25) is 5.91 Å². The van der Waals surface area contributed by atoms with Crippen LogP contribution < -0.4 is 5.32 Å². The van der Waals surface area contributed by atoms with E-state index in [1.165, 1.54) is 0 Å². The standard InChI is InChI=1S/C16H23N3O/c1-4-8-16(12-17,9-5-2)15(20)19-11-14-13(3)7-6-10-18-14/h6-7,10H,4-5,8-9,11H2,1-3H3,(H,19,20). The van der Waals surface area contributed by atoms with E-state index in [4.69, 9.17) is 0 Å². The molecule has 0 spiro atoms. The molecule has 1 aromatic heterocycles. The number of nitrogens with one attached hydrogen (secondary N) is 1. The maximum Gasteiger partial charge on any atom is 0.240 e. The SMILES string of the molecule is CCCC(C#N)(CCC)C(=O)NCc1ncccc1C. The van der Waals surface area contributed by atoms with E-state index in [9.17, 15) is 10.1 Å². The summed E-state index contributed by atoms with van der Waals surface area (Å²) in [7, 11) is 0. The van der Waals surface area contributed by atoms with Gasteiger partial charge in [-0.1, -0.05) is 32.8 Å². The minimum atomic E-state index is -0.897. The number of rotatable bonds is 7. The predicted molar refractivity (Wildman–Crippen MR) is 78.7 cm³/mol. The van der Waals surface area contributed by atoms with Crippen molar-refractivity contribution in [2.75, 3.05) is 0 Å². The van der Waals surface area contributed by atoms with Crippen LogP contribution in [-0.4, -0.2) is 10.9 Å². The molecule has 0 fully saturated rings. The second-order valence-electron chi connectivity index (χ2n) is 5.14. The van der Waals surface area contributed by atoms with Gasteiger partial charge < -0.3 is 5.32 Å². The lowest BCUT2D eigenvalue weighted by atomic mass is 9.80. The number of pyridine rings is 1. The summed E-state index contributed by atoms with van der Waals surface area (Å²) in [5.74, 6) is -0.172. The number of amides is 1. The molecule has 0 saturated carbocycles. The number of hydrogen-bond acceptors (Lipinski definition) is 3. The lowest BCUT2D eigenvalue weighted by Gasteiger charge is -2.24. The van der Waals surface area contributed by atoms with Crippen LogP contribution in [0.5, 0.6) is 0 Å². The first-order valence-electron chi connectivity index (χ1n) is 7.19. The third-order valence-electron chi connectivity index (χ3n) is 3.54. The summed E-state index contributed by atoms with van der Waals surface area (Å²) in [5.41, 5.74) is 0.994. The van der Waals surface area contributed by atoms with Crippen molar-refractivity contribution in [3.63, 3.8) is 0 Å². The van der Waals surface area contributed by atoms with E-state index in [2.05, 4.69) is 16.4 Å². The Bertz CT molecular complexity index is 485. The first kappa shape index (κ1) is 16.2. The van der Waals surface area contributed by atoms with E-state index in [0.717, 1.165) is 24.1 Å². The topological polar surface area (TPSA) is 65.8 Å². The fourth-order valence-corrected chi connectivity index (χ4v) is 2.40. The Morgan fingerprint density at radius 1 is 1.40 bits per heavy atom. The van der Waals surface area contributed by atoms with Crippen LogP contribution in [-0.2, 0) is 11.3 Å². The van der Waals surface area contributed by atoms with Crippen molar-refractivity contribution in [2.45, 2.75) is 53.0 Å². The van der Waals surface area contributed by atoms with Crippen LogP contribution in [0.15, 0.2) is 18.3 Å². The fraction of sp³-hybridized carbons (Fsp3) is 0.562. The van der Waals surface area contributed by atoms with Gasteiger partial charge in [0.1, 0.15) is 5.41 Å². The first-order valence-corrected chi connectivity index (χ1v) is 7.19. The average molecular weight is 273 g/mol. The molecule has 0 aliphatic rings. The highest BCUT2D eigenvalue weighted by atomic mass is 16.2. The van der Waals surface area contributed by atoms with Crippen molar-refractivity contribution >= 4 is 5.91 Å². The van der Waals surface area contributed by atoms with E-state index < -0.39 is 5.41 Å². The fourth-order valence-electron chi connectivity index (χ4n) is 2.40. The quantitative estimate of drug-likeness (QED) is 0.830. The molecule has 0 bridgehead atoms. The maximum atomic E-state index is 12.4. The summed E-state index contributed by atoms with van der Waals surface area (Å²) >= 11 is 0. The van der Waals surface area contributed by atoms with Crippen molar-refractivity contribution in [1.29, 1.82) is 5.26 Å². The minimum absolute atomic E-state index is 0.172. The molecule has 0 aromatic carbocycles. The van der Waals surface area contributed by atoms with Gasteiger partial charge >= 0.3 is 0 Å². The zero-order valence-corrected chi connectivity index (χ0v) is 12.6. The van der Waals surface area contributed by atoms with Gasteiger partial charge in [-0.3, -0.25) is 9.78 Å². The summed E-state index contributed by atoms with van der Waals surface area (Å²) in [6.45, 7) is 6.34. The summed E-state index contributed by atoms with van der Waals surface area (Å²) in [4.78, 5) is 16.7. The van der Waals surface area contributed by atoms with Crippen LogP contribution >= 0.6 is 0 Å². The molecule has 20 heavy (non-hydrogen) atoms. The van der Waals surface area contributed by atoms with Gasteiger partial charge in [0.05, 0.1) is 18.3 Å². The molecule has 108 valence electrons. The smallest absolute Gasteiger partial charge is 0.240 e.